The van der Waals surface area contributed by atoms with Crippen molar-refractivity contribution in [3.8, 4) is 0 Å². The van der Waals surface area contributed by atoms with Crippen LogP contribution in [0.1, 0.15) is 16.1 Å². The van der Waals surface area contributed by atoms with E-state index in [9.17, 15) is 4.79 Å². The largest absolute Gasteiger partial charge is 0.340 e. The minimum Gasteiger partial charge on any atom is -0.340 e. The standard InChI is InChI=1S/C8H9IN2OS/c1-10-4-2-6-3-5-11(13-9)7(6)8(10)12/h3,5H,2,4H2,1H3. The molecular weight excluding hydrogens is 299 g/mol. The van der Waals surface area contributed by atoms with Crippen LogP contribution in [0.2, 0.25) is 0 Å². The molecule has 1 amide bonds. The van der Waals surface area contributed by atoms with Crippen LogP contribution in [0.3, 0.4) is 0 Å². The van der Waals surface area contributed by atoms with Crippen molar-refractivity contribution in [1.29, 1.82) is 0 Å². The van der Waals surface area contributed by atoms with Gasteiger partial charge in [0.1, 0.15) is 5.69 Å². The van der Waals surface area contributed by atoms with Crippen molar-refractivity contribution in [3.63, 3.8) is 0 Å². The van der Waals surface area contributed by atoms with Gasteiger partial charge in [-0.15, -0.1) is 0 Å². The zero-order valence-electron chi connectivity index (χ0n) is 7.16. The maximum Gasteiger partial charge on any atom is 0.271 e. The van der Waals surface area contributed by atoms with Crippen LogP contribution in [0, 0.1) is 0 Å². The van der Waals surface area contributed by atoms with E-state index in [0.29, 0.717) is 0 Å². The summed E-state index contributed by atoms with van der Waals surface area (Å²) in [6.45, 7) is 0.835. The minimum absolute atomic E-state index is 0.135. The molecule has 1 aliphatic heterocycles. The maximum atomic E-state index is 11.7. The lowest BCUT2D eigenvalue weighted by Crippen LogP contribution is -2.34. The van der Waals surface area contributed by atoms with E-state index in [4.69, 9.17) is 0 Å². The third-order valence-corrected chi connectivity index (χ3v) is 4.00. The van der Waals surface area contributed by atoms with Crippen LogP contribution in [0.25, 0.3) is 0 Å². The minimum atomic E-state index is 0.135. The van der Waals surface area contributed by atoms with E-state index >= 15 is 0 Å². The van der Waals surface area contributed by atoms with Gasteiger partial charge in [-0.05, 0) is 18.1 Å². The zero-order chi connectivity index (χ0) is 9.42. The Hall–Kier alpha value is -0.170. The molecule has 70 valence electrons. The lowest BCUT2D eigenvalue weighted by molar-refractivity contribution is 0.0774. The number of hydrogen-bond donors (Lipinski definition) is 0. The van der Waals surface area contributed by atoms with Crippen molar-refractivity contribution in [2.45, 2.75) is 6.42 Å². The van der Waals surface area contributed by atoms with Gasteiger partial charge in [0, 0.05) is 50.1 Å². The number of carbonyl (C=O) groups is 1. The summed E-state index contributed by atoms with van der Waals surface area (Å²) < 4.78 is 1.92. The van der Waals surface area contributed by atoms with E-state index in [1.54, 1.807) is 4.90 Å². The molecule has 0 N–H and O–H groups in total. The van der Waals surface area contributed by atoms with E-state index in [-0.39, 0.29) is 5.91 Å². The van der Waals surface area contributed by atoms with E-state index in [1.807, 2.05) is 23.3 Å². The highest BCUT2D eigenvalue weighted by Gasteiger charge is 2.25. The van der Waals surface area contributed by atoms with Gasteiger partial charge in [0.05, 0.1) is 0 Å². The molecule has 0 saturated carbocycles. The summed E-state index contributed by atoms with van der Waals surface area (Å²) in [5, 5.41) is 0. The van der Waals surface area contributed by atoms with Gasteiger partial charge in [0.25, 0.3) is 5.91 Å². The number of rotatable bonds is 1. The van der Waals surface area contributed by atoms with Gasteiger partial charge in [0.15, 0.2) is 0 Å². The molecule has 0 aliphatic carbocycles. The number of amides is 1. The molecule has 0 atom stereocenters. The smallest absolute Gasteiger partial charge is 0.271 e. The Morgan fingerprint density at radius 1 is 1.62 bits per heavy atom. The lowest BCUT2D eigenvalue weighted by atomic mass is 10.1. The normalized spacial score (nSPS) is 16.2. The van der Waals surface area contributed by atoms with Crippen LogP contribution >= 0.6 is 30.3 Å². The van der Waals surface area contributed by atoms with Crippen molar-refractivity contribution >= 4 is 36.2 Å². The second-order valence-electron chi connectivity index (χ2n) is 3.06. The van der Waals surface area contributed by atoms with Crippen LogP contribution in [0.4, 0.5) is 0 Å². The molecule has 5 heteroatoms. The molecule has 0 unspecified atom stereocenters. The Labute approximate surface area is 93.2 Å². The van der Waals surface area contributed by atoms with Crippen molar-refractivity contribution in [1.82, 2.24) is 8.87 Å². The zero-order valence-corrected chi connectivity index (χ0v) is 10.1. The third-order valence-electron chi connectivity index (χ3n) is 2.28. The highest BCUT2D eigenvalue weighted by molar-refractivity contribution is 14.2. The first-order valence-corrected chi connectivity index (χ1v) is 7.30. The van der Waals surface area contributed by atoms with E-state index in [1.165, 1.54) is 14.7 Å². The highest BCUT2D eigenvalue weighted by atomic mass is 127. The fourth-order valence-corrected chi connectivity index (χ4v) is 2.87. The van der Waals surface area contributed by atoms with Crippen LogP contribution in [-0.4, -0.2) is 28.4 Å². The maximum absolute atomic E-state index is 11.7. The summed E-state index contributed by atoms with van der Waals surface area (Å²) in [5.74, 6) is 0.135. The number of likely N-dealkylation sites (N-methyl/N-ethyl adjacent to an activating group) is 1. The Morgan fingerprint density at radius 3 is 3.08 bits per heavy atom. The van der Waals surface area contributed by atoms with Crippen LogP contribution < -0.4 is 0 Å². The summed E-state index contributed by atoms with van der Waals surface area (Å²) in [7, 11) is 3.38. The number of carbonyl (C=O) groups excluding carboxylic acids is 1. The molecule has 0 saturated heterocycles. The molecule has 2 rings (SSSR count). The van der Waals surface area contributed by atoms with Gasteiger partial charge >= 0.3 is 0 Å². The quantitative estimate of drug-likeness (QED) is 0.741. The summed E-state index contributed by atoms with van der Waals surface area (Å²) >= 11 is 2.18. The lowest BCUT2D eigenvalue weighted by Gasteiger charge is -2.23. The third kappa shape index (κ3) is 1.48. The van der Waals surface area contributed by atoms with E-state index in [2.05, 4.69) is 21.2 Å². The molecule has 2 heterocycles. The van der Waals surface area contributed by atoms with Gasteiger partial charge in [-0.1, -0.05) is 0 Å². The predicted octanol–water partition coefficient (Wildman–Crippen LogP) is 1.96. The molecule has 13 heavy (non-hydrogen) atoms. The SMILES string of the molecule is CN1CCc2ccn(SI)c2C1=O. The first-order valence-electron chi connectivity index (χ1n) is 3.99. The van der Waals surface area contributed by atoms with Gasteiger partial charge in [0.2, 0.25) is 0 Å². The molecule has 3 nitrogen and oxygen atoms in total. The van der Waals surface area contributed by atoms with Crippen molar-refractivity contribution in [2.75, 3.05) is 13.6 Å². The fraction of sp³-hybridized carbons (Fsp3) is 0.375. The number of aromatic nitrogens is 1. The van der Waals surface area contributed by atoms with Gasteiger partial charge < -0.3 is 4.90 Å². The second kappa shape index (κ2) is 3.53. The number of halogens is 1. The van der Waals surface area contributed by atoms with Crippen LogP contribution in [0.5, 0.6) is 0 Å². The van der Waals surface area contributed by atoms with Crippen LogP contribution in [-0.2, 0) is 6.42 Å². The molecule has 1 aliphatic rings. The highest BCUT2D eigenvalue weighted by Crippen LogP contribution is 2.26. The predicted molar refractivity (Wildman–Crippen MR) is 62.1 cm³/mol. The van der Waals surface area contributed by atoms with Crippen LogP contribution in [0.15, 0.2) is 12.3 Å². The molecule has 0 aromatic carbocycles. The van der Waals surface area contributed by atoms with Crippen molar-refractivity contribution < 1.29 is 4.79 Å². The monoisotopic (exact) mass is 308 g/mol. The average molecular weight is 308 g/mol. The molecule has 0 fully saturated rings. The average Bonchev–Trinajstić information content (AvgIpc) is 2.55. The summed E-state index contributed by atoms with van der Waals surface area (Å²) in [4.78, 5) is 13.5. The Morgan fingerprint density at radius 2 is 2.38 bits per heavy atom. The van der Waals surface area contributed by atoms with Gasteiger partial charge in [-0.25, -0.2) is 0 Å². The Bertz CT molecular complexity index is 336. The van der Waals surface area contributed by atoms with E-state index in [0.717, 1.165) is 18.7 Å². The topological polar surface area (TPSA) is 25.2 Å². The summed E-state index contributed by atoms with van der Waals surface area (Å²) in [5.41, 5.74) is 2.01. The molecular formula is C8H9IN2OS. The van der Waals surface area contributed by atoms with Gasteiger partial charge in [-0.3, -0.25) is 8.77 Å². The second-order valence-corrected chi connectivity index (χ2v) is 4.77. The fourth-order valence-electron chi connectivity index (χ4n) is 1.51. The molecule has 0 spiro atoms. The van der Waals surface area contributed by atoms with Crippen molar-refractivity contribution in [3.05, 3.63) is 23.5 Å². The molecule has 1 aromatic rings. The summed E-state index contributed by atoms with van der Waals surface area (Å²) in [6.07, 6.45) is 2.93. The first kappa shape index (κ1) is 9.39. The summed E-state index contributed by atoms with van der Waals surface area (Å²) in [6, 6.07) is 2.03. The number of fused-ring (bicyclic) bond motifs is 1. The number of nitrogens with zero attached hydrogens (tertiary/aromatic N) is 2. The van der Waals surface area contributed by atoms with E-state index < -0.39 is 0 Å². The van der Waals surface area contributed by atoms with Gasteiger partial charge in [-0.2, -0.15) is 0 Å². The Balaban J connectivity index is 2.49. The Kier molecular flexibility index (Phi) is 2.55. The van der Waals surface area contributed by atoms with Crippen molar-refractivity contribution in [2.24, 2.45) is 0 Å². The molecule has 1 aromatic heterocycles. The number of hydrogen-bond acceptors (Lipinski definition) is 2. The molecule has 0 bridgehead atoms. The first-order chi connectivity index (χ1) is 6.24. The molecule has 0 radical (unpaired) electrons.